The summed E-state index contributed by atoms with van der Waals surface area (Å²) in [7, 11) is 0. The molecule has 4 heteroatoms. The Morgan fingerprint density at radius 3 is 2.95 bits per heavy atom. The molecule has 0 spiro atoms. The minimum Gasteiger partial charge on any atom is -0.493 e. The Morgan fingerprint density at radius 2 is 2.26 bits per heavy atom. The van der Waals surface area contributed by atoms with Gasteiger partial charge in [0, 0.05) is 11.1 Å². The van der Waals surface area contributed by atoms with Crippen LogP contribution in [0.1, 0.15) is 37.0 Å². The molecule has 0 saturated carbocycles. The van der Waals surface area contributed by atoms with Crippen molar-refractivity contribution < 1.29 is 14.3 Å². The average molecular weight is 327 g/mol. The zero-order valence-electron chi connectivity index (χ0n) is 11.3. The topological polar surface area (TPSA) is 35.5 Å². The number of carbonyl (C=O) groups is 1. The van der Waals surface area contributed by atoms with Crippen molar-refractivity contribution >= 4 is 21.7 Å². The van der Waals surface area contributed by atoms with Gasteiger partial charge >= 0.3 is 0 Å². The highest BCUT2D eigenvalue weighted by atomic mass is 79.9. The van der Waals surface area contributed by atoms with Gasteiger partial charge in [0.05, 0.1) is 24.2 Å². The van der Waals surface area contributed by atoms with Gasteiger partial charge < -0.3 is 9.47 Å². The normalized spacial score (nSPS) is 22.5. The molecule has 19 heavy (non-hydrogen) atoms. The molecule has 3 nitrogen and oxygen atoms in total. The highest BCUT2D eigenvalue weighted by Crippen LogP contribution is 2.32. The molecular formula is C15H19BrO3. The third kappa shape index (κ3) is 3.18. The largest absolute Gasteiger partial charge is 0.493 e. The van der Waals surface area contributed by atoms with Crippen molar-refractivity contribution in [2.45, 2.75) is 32.8 Å². The van der Waals surface area contributed by atoms with Crippen LogP contribution in [0.3, 0.4) is 0 Å². The lowest BCUT2D eigenvalue weighted by Gasteiger charge is -2.17. The molecule has 0 aliphatic carbocycles. The number of rotatable bonds is 5. The standard InChI is InChI=1S/C15H19BrO3/c1-3-13-11(7-8-19-13)15(17)12-9-10(16)5-6-14(12)18-4-2/h5-6,9,11,13H,3-4,7-8H2,1-2H3. The van der Waals surface area contributed by atoms with Crippen molar-refractivity contribution in [2.75, 3.05) is 13.2 Å². The van der Waals surface area contributed by atoms with Gasteiger partial charge in [-0.2, -0.15) is 0 Å². The summed E-state index contributed by atoms with van der Waals surface area (Å²) in [6.45, 7) is 5.21. The van der Waals surface area contributed by atoms with E-state index in [1.807, 2.05) is 25.1 Å². The first kappa shape index (κ1) is 14.5. The molecule has 0 aromatic heterocycles. The quantitative estimate of drug-likeness (QED) is 0.771. The highest BCUT2D eigenvalue weighted by Gasteiger charge is 2.34. The molecule has 2 rings (SSSR count). The fourth-order valence-electron chi connectivity index (χ4n) is 2.53. The molecule has 0 amide bonds. The summed E-state index contributed by atoms with van der Waals surface area (Å²) >= 11 is 3.42. The van der Waals surface area contributed by atoms with Crippen LogP contribution in [-0.2, 0) is 4.74 Å². The lowest BCUT2D eigenvalue weighted by molar-refractivity contribution is 0.0686. The van der Waals surface area contributed by atoms with Crippen LogP contribution in [0.4, 0.5) is 0 Å². The number of Topliss-reactive ketones (excluding diaryl/α,β-unsaturated/α-hetero) is 1. The predicted molar refractivity (Wildman–Crippen MR) is 77.8 cm³/mol. The molecule has 2 atom stereocenters. The Hall–Kier alpha value is -0.870. The molecule has 1 aliphatic rings. The number of halogens is 1. The average Bonchev–Trinajstić information content (AvgIpc) is 2.88. The van der Waals surface area contributed by atoms with Crippen LogP contribution in [0.5, 0.6) is 5.75 Å². The van der Waals surface area contributed by atoms with Gasteiger partial charge in [0.1, 0.15) is 5.75 Å². The number of hydrogen-bond donors (Lipinski definition) is 0. The van der Waals surface area contributed by atoms with Crippen LogP contribution in [0.15, 0.2) is 22.7 Å². The zero-order valence-corrected chi connectivity index (χ0v) is 12.9. The maximum Gasteiger partial charge on any atom is 0.172 e. The van der Waals surface area contributed by atoms with Crippen LogP contribution in [0.2, 0.25) is 0 Å². The second-order valence-corrected chi connectivity index (χ2v) is 5.57. The van der Waals surface area contributed by atoms with E-state index >= 15 is 0 Å². The third-order valence-electron chi connectivity index (χ3n) is 3.46. The van der Waals surface area contributed by atoms with Gasteiger partial charge in [0.25, 0.3) is 0 Å². The van der Waals surface area contributed by atoms with Crippen molar-refractivity contribution in [1.29, 1.82) is 0 Å². The third-order valence-corrected chi connectivity index (χ3v) is 3.95. The summed E-state index contributed by atoms with van der Waals surface area (Å²) in [4.78, 5) is 12.7. The number of ether oxygens (including phenoxy) is 2. The van der Waals surface area contributed by atoms with Crippen molar-refractivity contribution in [2.24, 2.45) is 5.92 Å². The second kappa shape index (κ2) is 6.53. The molecule has 0 radical (unpaired) electrons. The highest BCUT2D eigenvalue weighted by molar-refractivity contribution is 9.10. The number of hydrogen-bond acceptors (Lipinski definition) is 3. The molecule has 1 aromatic rings. The number of ketones is 1. The maximum atomic E-state index is 12.7. The zero-order chi connectivity index (χ0) is 13.8. The molecule has 1 aromatic carbocycles. The lowest BCUT2D eigenvalue weighted by Crippen LogP contribution is -2.24. The Labute approximate surface area is 122 Å². The van der Waals surface area contributed by atoms with E-state index < -0.39 is 0 Å². The summed E-state index contributed by atoms with van der Waals surface area (Å²) in [6.07, 6.45) is 1.71. The van der Waals surface area contributed by atoms with Gasteiger partial charge in [-0.25, -0.2) is 0 Å². The summed E-state index contributed by atoms with van der Waals surface area (Å²) < 4.78 is 12.1. The van der Waals surface area contributed by atoms with Crippen molar-refractivity contribution in [3.05, 3.63) is 28.2 Å². The van der Waals surface area contributed by atoms with E-state index in [4.69, 9.17) is 9.47 Å². The summed E-state index contributed by atoms with van der Waals surface area (Å²) in [5.74, 6) is 0.755. The monoisotopic (exact) mass is 326 g/mol. The van der Waals surface area contributed by atoms with Crippen LogP contribution in [0.25, 0.3) is 0 Å². The van der Waals surface area contributed by atoms with E-state index in [2.05, 4.69) is 22.9 Å². The van der Waals surface area contributed by atoms with Crippen molar-refractivity contribution in [3.8, 4) is 5.75 Å². The molecule has 104 valence electrons. The summed E-state index contributed by atoms with van der Waals surface area (Å²) in [5.41, 5.74) is 0.658. The van der Waals surface area contributed by atoms with Crippen LogP contribution >= 0.6 is 15.9 Å². The van der Waals surface area contributed by atoms with E-state index in [-0.39, 0.29) is 17.8 Å². The summed E-state index contributed by atoms with van der Waals surface area (Å²) in [6, 6.07) is 5.58. The van der Waals surface area contributed by atoms with Crippen LogP contribution < -0.4 is 4.74 Å². The van der Waals surface area contributed by atoms with Gasteiger partial charge in [-0.05, 0) is 38.0 Å². The smallest absolute Gasteiger partial charge is 0.172 e. The van der Waals surface area contributed by atoms with Gasteiger partial charge in [0.15, 0.2) is 5.78 Å². The lowest BCUT2D eigenvalue weighted by atomic mass is 9.90. The minimum atomic E-state index is -0.0430. The first-order valence-corrected chi connectivity index (χ1v) is 7.54. The van der Waals surface area contributed by atoms with Gasteiger partial charge in [0.2, 0.25) is 0 Å². The molecule has 1 fully saturated rings. The summed E-state index contributed by atoms with van der Waals surface area (Å²) in [5, 5.41) is 0. The Kier molecular flexibility index (Phi) is 4.99. The SMILES string of the molecule is CCOc1ccc(Br)cc1C(=O)C1CCOC1CC. The Bertz CT molecular complexity index is 459. The number of benzene rings is 1. The van der Waals surface area contributed by atoms with E-state index in [1.54, 1.807) is 0 Å². The molecule has 1 aliphatic heterocycles. The van der Waals surface area contributed by atoms with Crippen molar-refractivity contribution in [3.63, 3.8) is 0 Å². The van der Waals surface area contributed by atoms with Crippen molar-refractivity contribution in [1.82, 2.24) is 0 Å². The molecule has 2 unspecified atom stereocenters. The molecule has 1 heterocycles. The first-order chi connectivity index (χ1) is 9.17. The molecular weight excluding hydrogens is 308 g/mol. The Balaban J connectivity index is 2.29. The van der Waals surface area contributed by atoms with Crippen LogP contribution in [0, 0.1) is 5.92 Å². The van der Waals surface area contributed by atoms with E-state index in [1.165, 1.54) is 0 Å². The van der Waals surface area contributed by atoms with E-state index in [0.29, 0.717) is 24.5 Å². The fourth-order valence-corrected chi connectivity index (χ4v) is 2.89. The Morgan fingerprint density at radius 1 is 1.47 bits per heavy atom. The molecule has 0 bridgehead atoms. The fraction of sp³-hybridized carbons (Fsp3) is 0.533. The van der Waals surface area contributed by atoms with Gasteiger partial charge in [-0.15, -0.1) is 0 Å². The molecule has 0 N–H and O–H groups in total. The minimum absolute atomic E-state index is 0.0426. The molecule has 1 saturated heterocycles. The second-order valence-electron chi connectivity index (χ2n) is 4.65. The number of carbonyl (C=O) groups excluding carboxylic acids is 1. The van der Waals surface area contributed by atoms with Gasteiger partial charge in [-0.3, -0.25) is 4.79 Å². The van der Waals surface area contributed by atoms with Gasteiger partial charge in [-0.1, -0.05) is 22.9 Å². The van der Waals surface area contributed by atoms with E-state index in [9.17, 15) is 4.79 Å². The maximum absolute atomic E-state index is 12.7. The predicted octanol–water partition coefficient (Wildman–Crippen LogP) is 3.85. The van der Waals surface area contributed by atoms with E-state index in [0.717, 1.165) is 17.3 Å². The first-order valence-electron chi connectivity index (χ1n) is 6.75. The van der Waals surface area contributed by atoms with Crippen LogP contribution in [-0.4, -0.2) is 25.1 Å².